The molecule has 30 heavy (non-hydrogen) atoms. The highest BCUT2D eigenvalue weighted by molar-refractivity contribution is 6.09. The molecule has 1 heterocycles. The molecule has 0 aliphatic rings. The first-order valence-electron chi connectivity index (χ1n) is 10.2. The maximum absolute atomic E-state index is 12.1. The molecule has 2 N–H and O–H groups in total. The van der Waals surface area contributed by atoms with Gasteiger partial charge in [-0.25, -0.2) is 5.43 Å². The van der Waals surface area contributed by atoms with Gasteiger partial charge >= 0.3 is 0 Å². The van der Waals surface area contributed by atoms with E-state index in [1.54, 1.807) is 6.21 Å². The van der Waals surface area contributed by atoms with Crippen molar-refractivity contribution in [2.45, 2.75) is 27.3 Å². The highest BCUT2D eigenvalue weighted by Gasteiger charge is 2.09. The lowest BCUT2D eigenvalue weighted by molar-refractivity contribution is -0.119. The van der Waals surface area contributed by atoms with Gasteiger partial charge < -0.3 is 9.88 Å². The van der Waals surface area contributed by atoms with Crippen molar-refractivity contribution in [3.63, 3.8) is 0 Å². The molecular weight excluding hydrogens is 372 g/mol. The molecule has 0 fully saturated rings. The van der Waals surface area contributed by atoms with Gasteiger partial charge in [0.1, 0.15) is 0 Å². The number of para-hydroxylation sites is 1. The van der Waals surface area contributed by atoms with E-state index < -0.39 is 0 Å². The van der Waals surface area contributed by atoms with Gasteiger partial charge in [-0.2, -0.15) is 5.10 Å². The topological polar surface area (TPSA) is 58.4 Å². The van der Waals surface area contributed by atoms with Crippen molar-refractivity contribution >= 4 is 39.6 Å². The van der Waals surface area contributed by atoms with Crippen molar-refractivity contribution in [3.8, 4) is 0 Å². The van der Waals surface area contributed by atoms with Crippen LogP contribution in [0.4, 0.5) is 5.69 Å². The van der Waals surface area contributed by atoms with Crippen molar-refractivity contribution in [2.24, 2.45) is 5.10 Å². The molecular formula is C25H26N4O. The van der Waals surface area contributed by atoms with Crippen molar-refractivity contribution in [3.05, 3.63) is 77.4 Å². The number of nitrogens with one attached hydrogen (secondary N) is 2. The number of hydrazone groups is 1. The van der Waals surface area contributed by atoms with E-state index in [2.05, 4.69) is 76.7 Å². The van der Waals surface area contributed by atoms with Gasteiger partial charge in [0, 0.05) is 34.0 Å². The second-order valence-corrected chi connectivity index (χ2v) is 7.50. The SMILES string of the molecule is CCn1c2ccccc2c2cc(/C=N/NC(=O)CNc3ccc(C)cc3C)ccc21. The van der Waals surface area contributed by atoms with E-state index in [0.717, 1.165) is 23.4 Å². The lowest BCUT2D eigenvalue weighted by Gasteiger charge is -2.09. The molecule has 0 atom stereocenters. The van der Waals surface area contributed by atoms with Gasteiger partial charge in [-0.1, -0.05) is 42.0 Å². The minimum Gasteiger partial charge on any atom is -0.376 e. The molecule has 0 unspecified atom stereocenters. The van der Waals surface area contributed by atoms with Crippen LogP contribution in [-0.4, -0.2) is 23.2 Å². The first kappa shape index (κ1) is 19.7. The Morgan fingerprint density at radius 1 is 1.00 bits per heavy atom. The van der Waals surface area contributed by atoms with Crippen LogP contribution in [0.3, 0.4) is 0 Å². The van der Waals surface area contributed by atoms with Crippen LogP contribution < -0.4 is 10.7 Å². The zero-order valence-corrected chi connectivity index (χ0v) is 17.6. The number of rotatable bonds is 6. The molecule has 4 rings (SSSR count). The highest BCUT2D eigenvalue weighted by atomic mass is 16.2. The summed E-state index contributed by atoms with van der Waals surface area (Å²) in [7, 11) is 0. The summed E-state index contributed by atoms with van der Waals surface area (Å²) in [6.45, 7) is 7.32. The van der Waals surface area contributed by atoms with Gasteiger partial charge in [-0.15, -0.1) is 0 Å². The van der Waals surface area contributed by atoms with Crippen LogP contribution in [-0.2, 0) is 11.3 Å². The van der Waals surface area contributed by atoms with Crippen molar-refractivity contribution in [1.82, 2.24) is 9.99 Å². The molecule has 0 saturated heterocycles. The molecule has 152 valence electrons. The summed E-state index contributed by atoms with van der Waals surface area (Å²) in [6, 6.07) is 20.8. The van der Waals surface area contributed by atoms with Gasteiger partial charge in [0.2, 0.25) is 0 Å². The number of aromatic nitrogens is 1. The summed E-state index contributed by atoms with van der Waals surface area (Å²) in [4.78, 5) is 12.1. The molecule has 3 aromatic carbocycles. The Bertz CT molecular complexity index is 1250. The minimum absolute atomic E-state index is 0.171. The summed E-state index contributed by atoms with van der Waals surface area (Å²) in [5.74, 6) is -0.185. The number of carbonyl (C=O) groups is 1. The normalized spacial score (nSPS) is 11.4. The number of aryl methyl sites for hydroxylation is 3. The number of fused-ring (bicyclic) bond motifs is 3. The summed E-state index contributed by atoms with van der Waals surface area (Å²) in [5, 5.41) is 9.71. The van der Waals surface area contributed by atoms with Crippen LogP contribution in [0.15, 0.2) is 65.8 Å². The van der Waals surface area contributed by atoms with Gasteiger partial charge in [0.05, 0.1) is 12.8 Å². The molecule has 0 saturated carbocycles. The van der Waals surface area contributed by atoms with E-state index in [1.165, 1.54) is 27.4 Å². The average Bonchev–Trinajstić information content (AvgIpc) is 3.06. The Balaban J connectivity index is 1.45. The standard InChI is InChI=1S/C25H26N4O/c1-4-29-23-8-6-5-7-20(23)21-14-19(10-12-24(21)29)15-27-28-25(30)16-26-22-11-9-17(2)13-18(22)3/h5-15,26H,4,16H2,1-3H3,(H,28,30)/b27-15+. The third-order valence-electron chi connectivity index (χ3n) is 5.34. The Morgan fingerprint density at radius 2 is 1.80 bits per heavy atom. The van der Waals surface area contributed by atoms with Crippen molar-refractivity contribution < 1.29 is 4.79 Å². The first-order chi connectivity index (χ1) is 14.6. The summed E-state index contributed by atoms with van der Waals surface area (Å²) in [6.07, 6.45) is 1.69. The van der Waals surface area contributed by atoms with E-state index >= 15 is 0 Å². The molecule has 1 aromatic heterocycles. The van der Waals surface area contributed by atoms with E-state index in [1.807, 2.05) is 25.1 Å². The van der Waals surface area contributed by atoms with Crippen LogP contribution in [0.25, 0.3) is 21.8 Å². The highest BCUT2D eigenvalue weighted by Crippen LogP contribution is 2.29. The third kappa shape index (κ3) is 3.92. The fraction of sp³-hybridized carbons (Fsp3) is 0.200. The Kier molecular flexibility index (Phi) is 5.53. The molecule has 0 spiro atoms. The second kappa shape index (κ2) is 8.41. The first-order valence-corrected chi connectivity index (χ1v) is 10.2. The van der Waals surface area contributed by atoms with Gasteiger partial charge in [0.15, 0.2) is 0 Å². The minimum atomic E-state index is -0.185. The number of nitrogens with zero attached hydrogens (tertiary/aromatic N) is 2. The molecule has 1 amide bonds. The number of hydrogen-bond donors (Lipinski definition) is 2. The van der Waals surface area contributed by atoms with Gasteiger partial charge in [-0.3, -0.25) is 4.79 Å². The van der Waals surface area contributed by atoms with Crippen molar-refractivity contribution in [1.29, 1.82) is 0 Å². The summed E-state index contributed by atoms with van der Waals surface area (Å²) >= 11 is 0. The molecule has 5 heteroatoms. The fourth-order valence-corrected chi connectivity index (χ4v) is 3.90. The number of amides is 1. The van der Waals surface area contributed by atoms with Crippen LogP contribution in [0.2, 0.25) is 0 Å². The smallest absolute Gasteiger partial charge is 0.259 e. The molecule has 0 aliphatic carbocycles. The predicted octanol–water partition coefficient (Wildman–Crippen LogP) is 4.99. The average molecular weight is 399 g/mol. The quantitative estimate of drug-likeness (QED) is 0.355. The number of anilines is 1. The third-order valence-corrected chi connectivity index (χ3v) is 5.34. The predicted molar refractivity (Wildman–Crippen MR) is 125 cm³/mol. The monoisotopic (exact) mass is 398 g/mol. The van der Waals surface area contributed by atoms with Crippen LogP contribution in [0.1, 0.15) is 23.6 Å². The van der Waals surface area contributed by atoms with Crippen LogP contribution in [0, 0.1) is 13.8 Å². The zero-order chi connectivity index (χ0) is 21.1. The second-order valence-electron chi connectivity index (χ2n) is 7.50. The largest absolute Gasteiger partial charge is 0.376 e. The molecule has 0 aliphatic heterocycles. The molecule has 0 bridgehead atoms. The summed E-state index contributed by atoms with van der Waals surface area (Å²) < 4.78 is 2.31. The Labute approximate surface area is 176 Å². The van der Waals surface area contributed by atoms with Crippen molar-refractivity contribution in [2.75, 3.05) is 11.9 Å². The Hall–Kier alpha value is -3.60. The maximum Gasteiger partial charge on any atom is 0.259 e. The lowest BCUT2D eigenvalue weighted by atomic mass is 10.1. The maximum atomic E-state index is 12.1. The van der Waals surface area contributed by atoms with E-state index in [0.29, 0.717) is 0 Å². The zero-order valence-electron chi connectivity index (χ0n) is 17.6. The van der Waals surface area contributed by atoms with E-state index in [4.69, 9.17) is 0 Å². The summed E-state index contributed by atoms with van der Waals surface area (Å²) in [5.41, 5.74) is 9.26. The lowest BCUT2D eigenvalue weighted by Crippen LogP contribution is -2.26. The van der Waals surface area contributed by atoms with Crippen LogP contribution >= 0.6 is 0 Å². The van der Waals surface area contributed by atoms with E-state index in [-0.39, 0.29) is 12.5 Å². The van der Waals surface area contributed by atoms with Gasteiger partial charge in [0.25, 0.3) is 5.91 Å². The molecule has 4 aromatic rings. The molecule has 5 nitrogen and oxygen atoms in total. The fourth-order valence-electron chi connectivity index (χ4n) is 3.90. The van der Waals surface area contributed by atoms with Gasteiger partial charge in [-0.05, 0) is 56.2 Å². The molecule has 0 radical (unpaired) electrons. The van der Waals surface area contributed by atoms with E-state index in [9.17, 15) is 4.79 Å². The number of benzene rings is 3. The number of carbonyl (C=O) groups excluding carboxylic acids is 1. The van der Waals surface area contributed by atoms with Crippen LogP contribution in [0.5, 0.6) is 0 Å². The number of hydrogen-bond acceptors (Lipinski definition) is 3. The Morgan fingerprint density at radius 3 is 2.60 bits per heavy atom.